The van der Waals surface area contributed by atoms with E-state index in [9.17, 15) is 4.79 Å². The molecule has 0 aliphatic carbocycles. The van der Waals surface area contributed by atoms with Crippen LogP contribution >= 0.6 is 23.2 Å². The highest BCUT2D eigenvalue weighted by Gasteiger charge is 2.13. The fourth-order valence-electron chi connectivity index (χ4n) is 1.97. The highest BCUT2D eigenvalue weighted by atomic mass is 35.5. The van der Waals surface area contributed by atoms with Crippen LogP contribution < -0.4 is 10.1 Å². The van der Waals surface area contributed by atoms with Gasteiger partial charge in [-0.3, -0.25) is 9.78 Å². The molecule has 0 unspecified atom stereocenters. The lowest BCUT2D eigenvalue weighted by atomic mass is 10.2. The highest BCUT2D eigenvalue weighted by molar-refractivity contribution is 6.44. The fourth-order valence-corrected chi connectivity index (χ4v) is 2.36. The number of nitrogens with zero attached hydrogens (tertiary/aromatic N) is 2. The molecular formula is C17H11Cl2N3O2. The Kier molecular flexibility index (Phi) is 4.93. The molecule has 24 heavy (non-hydrogen) atoms. The van der Waals surface area contributed by atoms with Crippen molar-refractivity contribution in [3.05, 3.63) is 76.7 Å². The van der Waals surface area contributed by atoms with Crippen molar-refractivity contribution in [3.8, 4) is 11.6 Å². The van der Waals surface area contributed by atoms with Crippen molar-refractivity contribution < 1.29 is 9.53 Å². The second kappa shape index (κ2) is 7.29. The van der Waals surface area contributed by atoms with E-state index in [2.05, 4.69) is 15.3 Å². The van der Waals surface area contributed by atoms with Gasteiger partial charge < -0.3 is 10.1 Å². The van der Waals surface area contributed by atoms with E-state index in [4.69, 9.17) is 27.9 Å². The first kappa shape index (κ1) is 16.2. The van der Waals surface area contributed by atoms with Crippen molar-refractivity contribution in [2.45, 2.75) is 0 Å². The first-order valence-electron chi connectivity index (χ1n) is 6.93. The maximum atomic E-state index is 12.3. The molecule has 1 aromatic heterocycles. The Morgan fingerprint density at radius 3 is 2.71 bits per heavy atom. The summed E-state index contributed by atoms with van der Waals surface area (Å²) in [5.74, 6) is 0.517. The summed E-state index contributed by atoms with van der Waals surface area (Å²) in [6.07, 6.45) is 4.58. The van der Waals surface area contributed by atoms with Crippen LogP contribution in [0.2, 0.25) is 10.0 Å². The van der Waals surface area contributed by atoms with Crippen LogP contribution in [0.5, 0.6) is 11.6 Å². The minimum atomic E-state index is -0.362. The van der Waals surface area contributed by atoms with E-state index in [-0.39, 0.29) is 10.9 Å². The van der Waals surface area contributed by atoms with Gasteiger partial charge in [-0.15, -0.1) is 0 Å². The summed E-state index contributed by atoms with van der Waals surface area (Å²) in [5, 5.41) is 3.29. The third kappa shape index (κ3) is 3.82. The Morgan fingerprint density at radius 2 is 1.92 bits per heavy atom. The number of rotatable bonds is 4. The van der Waals surface area contributed by atoms with Crippen LogP contribution in [0.4, 0.5) is 5.69 Å². The van der Waals surface area contributed by atoms with Crippen LogP contribution in [-0.4, -0.2) is 15.9 Å². The molecule has 2 aromatic carbocycles. The predicted molar refractivity (Wildman–Crippen MR) is 93.0 cm³/mol. The molecule has 0 saturated carbocycles. The average Bonchev–Trinajstić information content (AvgIpc) is 2.58. The van der Waals surface area contributed by atoms with Gasteiger partial charge in [0.1, 0.15) is 5.75 Å². The Labute approximate surface area is 148 Å². The molecule has 5 nitrogen and oxygen atoms in total. The topological polar surface area (TPSA) is 64.1 Å². The monoisotopic (exact) mass is 359 g/mol. The number of carbonyl (C=O) groups is 1. The molecule has 0 atom stereocenters. The van der Waals surface area contributed by atoms with Gasteiger partial charge in [0.05, 0.1) is 21.8 Å². The lowest BCUT2D eigenvalue weighted by Gasteiger charge is -2.09. The zero-order valence-electron chi connectivity index (χ0n) is 12.2. The highest BCUT2D eigenvalue weighted by Crippen LogP contribution is 2.27. The standard InChI is InChI=1S/C17H11Cl2N3O2/c18-14-6-2-5-13(16(14)19)17(23)22-11-3-1-4-12(9-11)24-15-10-20-7-8-21-15/h1-10H,(H,22,23). The van der Waals surface area contributed by atoms with E-state index in [1.54, 1.807) is 48.7 Å². The molecule has 1 N–H and O–H groups in total. The number of hydrogen-bond acceptors (Lipinski definition) is 4. The first-order valence-corrected chi connectivity index (χ1v) is 7.68. The van der Waals surface area contributed by atoms with Crippen LogP contribution in [0.3, 0.4) is 0 Å². The summed E-state index contributed by atoms with van der Waals surface area (Å²) in [6, 6.07) is 11.8. The van der Waals surface area contributed by atoms with Gasteiger partial charge in [-0.2, -0.15) is 0 Å². The second-order valence-electron chi connectivity index (χ2n) is 4.73. The Morgan fingerprint density at radius 1 is 1.08 bits per heavy atom. The number of carbonyl (C=O) groups excluding carboxylic acids is 1. The van der Waals surface area contributed by atoms with Gasteiger partial charge in [-0.1, -0.05) is 35.3 Å². The second-order valence-corrected chi connectivity index (χ2v) is 5.51. The van der Waals surface area contributed by atoms with Gasteiger partial charge >= 0.3 is 0 Å². The third-order valence-corrected chi connectivity index (χ3v) is 3.87. The van der Waals surface area contributed by atoms with Crippen LogP contribution in [-0.2, 0) is 0 Å². The zero-order valence-corrected chi connectivity index (χ0v) is 13.8. The number of amides is 1. The summed E-state index contributed by atoms with van der Waals surface area (Å²) in [6.45, 7) is 0. The zero-order chi connectivity index (χ0) is 16.9. The van der Waals surface area contributed by atoms with Crippen LogP contribution in [0.25, 0.3) is 0 Å². The van der Waals surface area contributed by atoms with E-state index in [0.717, 1.165) is 0 Å². The molecule has 3 aromatic rings. The third-order valence-electron chi connectivity index (χ3n) is 3.05. The first-order chi connectivity index (χ1) is 11.6. The minimum absolute atomic E-state index is 0.212. The molecule has 0 aliphatic rings. The summed E-state index contributed by atoms with van der Waals surface area (Å²) in [5.41, 5.74) is 0.849. The Hall–Kier alpha value is -2.63. The maximum absolute atomic E-state index is 12.3. The van der Waals surface area contributed by atoms with Crippen molar-refractivity contribution >= 4 is 34.8 Å². The van der Waals surface area contributed by atoms with E-state index in [1.165, 1.54) is 12.4 Å². The molecule has 120 valence electrons. The predicted octanol–water partition coefficient (Wildman–Crippen LogP) is 4.83. The maximum Gasteiger partial charge on any atom is 0.257 e. The Bertz CT molecular complexity index is 873. The summed E-state index contributed by atoms with van der Waals surface area (Å²) in [4.78, 5) is 20.3. The molecule has 0 aliphatic heterocycles. The summed E-state index contributed by atoms with van der Waals surface area (Å²) < 4.78 is 5.58. The molecule has 0 fully saturated rings. The van der Waals surface area contributed by atoms with Crippen molar-refractivity contribution in [2.75, 3.05) is 5.32 Å². The fraction of sp³-hybridized carbons (Fsp3) is 0. The number of hydrogen-bond donors (Lipinski definition) is 1. The lowest BCUT2D eigenvalue weighted by molar-refractivity contribution is 0.102. The lowest BCUT2D eigenvalue weighted by Crippen LogP contribution is -2.12. The van der Waals surface area contributed by atoms with Gasteiger partial charge in [-0.25, -0.2) is 4.98 Å². The average molecular weight is 360 g/mol. The molecule has 7 heteroatoms. The van der Waals surface area contributed by atoms with Gasteiger partial charge in [0.2, 0.25) is 5.88 Å². The Balaban J connectivity index is 1.77. The van der Waals surface area contributed by atoms with Crippen molar-refractivity contribution in [1.82, 2.24) is 9.97 Å². The molecule has 1 heterocycles. The molecule has 3 rings (SSSR count). The minimum Gasteiger partial charge on any atom is -0.437 e. The smallest absolute Gasteiger partial charge is 0.257 e. The number of nitrogens with one attached hydrogen (secondary N) is 1. The van der Waals surface area contributed by atoms with Crippen molar-refractivity contribution in [1.29, 1.82) is 0 Å². The van der Waals surface area contributed by atoms with Gasteiger partial charge in [0.15, 0.2) is 0 Å². The largest absolute Gasteiger partial charge is 0.437 e. The number of aromatic nitrogens is 2. The van der Waals surface area contributed by atoms with Crippen LogP contribution in [0.15, 0.2) is 61.1 Å². The number of ether oxygens (including phenoxy) is 1. The van der Waals surface area contributed by atoms with Crippen LogP contribution in [0, 0.1) is 0 Å². The normalized spacial score (nSPS) is 10.2. The van der Waals surface area contributed by atoms with E-state index in [1.807, 2.05) is 0 Å². The summed E-state index contributed by atoms with van der Waals surface area (Å²) in [7, 11) is 0. The molecule has 0 bridgehead atoms. The van der Waals surface area contributed by atoms with Gasteiger partial charge in [0, 0.05) is 24.1 Å². The summed E-state index contributed by atoms with van der Waals surface area (Å²) >= 11 is 12.0. The molecule has 0 radical (unpaired) electrons. The van der Waals surface area contributed by atoms with E-state index >= 15 is 0 Å². The van der Waals surface area contributed by atoms with E-state index in [0.29, 0.717) is 27.9 Å². The van der Waals surface area contributed by atoms with Crippen molar-refractivity contribution in [2.24, 2.45) is 0 Å². The van der Waals surface area contributed by atoms with Crippen molar-refractivity contribution in [3.63, 3.8) is 0 Å². The van der Waals surface area contributed by atoms with Crippen LogP contribution in [0.1, 0.15) is 10.4 Å². The SMILES string of the molecule is O=C(Nc1cccc(Oc2cnccn2)c1)c1cccc(Cl)c1Cl. The van der Waals surface area contributed by atoms with Gasteiger partial charge in [0.25, 0.3) is 5.91 Å². The van der Waals surface area contributed by atoms with Gasteiger partial charge in [-0.05, 0) is 24.3 Å². The number of anilines is 1. The molecule has 0 saturated heterocycles. The quantitative estimate of drug-likeness (QED) is 0.724. The number of halogens is 2. The molecule has 1 amide bonds. The number of benzene rings is 2. The molecular weight excluding hydrogens is 349 g/mol. The molecule has 0 spiro atoms. The van der Waals surface area contributed by atoms with E-state index < -0.39 is 0 Å².